The molecule has 5 nitrogen and oxygen atoms in total. The molecule has 1 atom stereocenters. The van der Waals surface area contributed by atoms with E-state index in [4.69, 9.17) is 11.6 Å². The van der Waals surface area contributed by atoms with Crippen molar-refractivity contribution in [1.82, 2.24) is 4.90 Å². The third-order valence-electron chi connectivity index (χ3n) is 4.27. The minimum Gasteiger partial charge on any atom is -0.383 e. The zero-order chi connectivity index (χ0) is 19.9. The van der Waals surface area contributed by atoms with Crippen molar-refractivity contribution in [2.75, 3.05) is 18.4 Å². The van der Waals surface area contributed by atoms with Crippen molar-refractivity contribution in [3.05, 3.63) is 70.6 Å². The lowest BCUT2D eigenvalue weighted by molar-refractivity contribution is 0.102. The van der Waals surface area contributed by atoms with Crippen molar-refractivity contribution in [3.8, 4) is 0 Å². The zero-order valence-corrected chi connectivity index (χ0v) is 16.6. The molecule has 0 radical (unpaired) electrons. The molecule has 0 spiro atoms. The lowest BCUT2D eigenvalue weighted by Crippen LogP contribution is -2.45. The van der Waals surface area contributed by atoms with Gasteiger partial charge >= 0.3 is 0 Å². The van der Waals surface area contributed by atoms with Crippen LogP contribution in [0.5, 0.6) is 0 Å². The Hall–Kier alpha value is -2.38. The Balaban J connectivity index is 2.26. The van der Waals surface area contributed by atoms with E-state index < -0.39 is 27.7 Å². The zero-order valence-electron chi connectivity index (χ0n) is 15.0. The second kappa shape index (κ2) is 6.98. The van der Waals surface area contributed by atoms with Crippen LogP contribution in [-0.2, 0) is 10.0 Å². The Labute approximate surface area is 162 Å². The van der Waals surface area contributed by atoms with Gasteiger partial charge in [-0.2, -0.15) is 0 Å². The van der Waals surface area contributed by atoms with E-state index in [2.05, 4.69) is 0 Å². The SMILES string of the molecule is CC1/C(=C/N(C)C)C(=O)c2cc(F)ccc2N1S(=O)(=O)c1ccc(Cl)cc1. The van der Waals surface area contributed by atoms with Crippen LogP contribution in [0, 0.1) is 5.82 Å². The molecule has 3 rings (SSSR count). The second-order valence-electron chi connectivity index (χ2n) is 6.47. The van der Waals surface area contributed by atoms with Gasteiger partial charge in [0.05, 0.1) is 16.6 Å². The number of carbonyl (C=O) groups is 1. The Morgan fingerprint density at radius 2 is 1.78 bits per heavy atom. The van der Waals surface area contributed by atoms with Gasteiger partial charge in [-0.25, -0.2) is 12.8 Å². The number of benzene rings is 2. The van der Waals surface area contributed by atoms with Crippen LogP contribution >= 0.6 is 11.6 Å². The molecule has 1 aliphatic rings. The Morgan fingerprint density at radius 1 is 1.15 bits per heavy atom. The molecule has 27 heavy (non-hydrogen) atoms. The number of halogens is 2. The van der Waals surface area contributed by atoms with Crippen molar-refractivity contribution >= 4 is 33.1 Å². The van der Waals surface area contributed by atoms with Gasteiger partial charge in [-0.05, 0) is 49.4 Å². The Bertz CT molecular complexity index is 1030. The van der Waals surface area contributed by atoms with E-state index in [1.54, 1.807) is 32.1 Å². The van der Waals surface area contributed by atoms with Crippen molar-refractivity contribution in [2.24, 2.45) is 0 Å². The van der Waals surface area contributed by atoms with Gasteiger partial charge in [0.15, 0.2) is 5.78 Å². The number of rotatable bonds is 3. The van der Waals surface area contributed by atoms with Crippen molar-refractivity contribution in [1.29, 1.82) is 0 Å². The molecule has 8 heteroatoms. The van der Waals surface area contributed by atoms with E-state index in [9.17, 15) is 17.6 Å². The summed E-state index contributed by atoms with van der Waals surface area (Å²) in [5.41, 5.74) is 0.425. The quantitative estimate of drug-likeness (QED) is 0.726. The molecule has 0 saturated carbocycles. The van der Waals surface area contributed by atoms with E-state index in [1.165, 1.54) is 30.3 Å². The lowest BCUT2D eigenvalue weighted by Gasteiger charge is -2.37. The second-order valence-corrected chi connectivity index (χ2v) is 8.72. The fourth-order valence-corrected chi connectivity index (χ4v) is 4.85. The first kappa shape index (κ1) is 19.4. The number of nitrogens with zero attached hydrogens (tertiary/aromatic N) is 2. The van der Waals surface area contributed by atoms with Crippen LogP contribution in [0.2, 0.25) is 5.02 Å². The molecule has 0 saturated heterocycles. The normalized spacial score (nSPS) is 18.6. The summed E-state index contributed by atoms with van der Waals surface area (Å²) in [4.78, 5) is 14.6. The highest BCUT2D eigenvalue weighted by molar-refractivity contribution is 7.92. The summed E-state index contributed by atoms with van der Waals surface area (Å²) in [6.45, 7) is 1.63. The lowest BCUT2D eigenvalue weighted by atomic mass is 9.92. The third kappa shape index (κ3) is 3.44. The van der Waals surface area contributed by atoms with E-state index in [0.717, 1.165) is 16.4 Å². The molecule has 1 unspecified atom stereocenters. The molecule has 2 aromatic carbocycles. The Morgan fingerprint density at radius 3 is 2.37 bits per heavy atom. The highest BCUT2D eigenvalue weighted by atomic mass is 35.5. The van der Waals surface area contributed by atoms with Gasteiger partial charge in [0.25, 0.3) is 10.0 Å². The predicted molar refractivity (Wildman–Crippen MR) is 103 cm³/mol. The largest absolute Gasteiger partial charge is 0.383 e. The predicted octanol–water partition coefficient (Wildman–Crippen LogP) is 3.70. The van der Waals surface area contributed by atoms with Gasteiger partial charge in [0.2, 0.25) is 0 Å². The van der Waals surface area contributed by atoms with Gasteiger partial charge in [-0.3, -0.25) is 9.10 Å². The minimum atomic E-state index is -4.01. The molecular formula is C19H18ClFN2O3S. The number of hydrogen-bond donors (Lipinski definition) is 0. The standard InChI is InChI=1S/C19H18ClFN2O3S/c1-12-17(11-22(2)3)19(24)16-10-14(21)6-9-18(16)23(12)27(25,26)15-7-4-13(20)5-8-15/h4-12H,1-3H3/b17-11-. The summed E-state index contributed by atoms with van der Waals surface area (Å²) >= 11 is 5.86. The highest BCUT2D eigenvalue weighted by Crippen LogP contribution is 2.38. The minimum absolute atomic E-state index is 0.0127. The summed E-state index contributed by atoms with van der Waals surface area (Å²) in [7, 11) is -0.549. The van der Waals surface area contributed by atoms with Crippen LogP contribution < -0.4 is 4.31 Å². The van der Waals surface area contributed by atoms with Crippen LogP contribution in [0.3, 0.4) is 0 Å². The van der Waals surface area contributed by atoms with Crippen LogP contribution in [-0.4, -0.2) is 39.2 Å². The van der Waals surface area contributed by atoms with Crippen molar-refractivity contribution in [3.63, 3.8) is 0 Å². The average molecular weight is 409 g/mol. The molecule has 0 amide bonds. The maximum Gasteiger partial charge on any atom is 0.264 e. The smallest absolute Gasteiger partial charge is 0.264 e. The summed E-state index contributed by atoms with van der Waals surface area (Å²) in [6.07, 6.45) is 1.56. The average Bonchev–Trinajstić information content (AvgIpc) is 2.59. The fourth-order valence-electron chi connectivity index (χ4n) is 3.06. The third-order valence-corrected chi connectivity index (χ3v) is 6.42. The number of sulfonamides is 1. The van der Waals surface area contributed by atoms with Gasteiger partial charge in [-0.15, -0.1) is 0 Å². The van der Waals surface area contributed by atoms with Crippen molar-refractivity contribution < 1.29 is 17.6 Å². The van der Waals surface area contributed by atoms with Crippen LogP contribution in [0.1, 0.15) is 17.3 Å². The summed E-state index contributed by atoms with van der Waals surface area (Å²) in [6, 6.07) is 8.53. The monoisotopic (exact) mass is 408 g/mol. The summed E-state index contributed by atoms with van der Waals surface area (Å²) in [5, 5.41) is 0.409. The molecule has 0 aliphatic carbocycles. The van der Waals surface area contributed by atoms with E-state index in [1.807, 2.05) is 0 Å². The maximum absolute atomic E-state index is 13.8. The number of Topliss-reactive ketones (excluding diaryl/α,β-unsaturated/α-hetero) is 1. The van der Waals surface area contributed by atoms with Gasteiger partial charge in [-0.1, -0.05) is 11.6 Å². The number of carbonyl (C=O) groups excluding carboxylic acids is 1. The first-order valence-electron chi connectivity index (χ1n) is 8.15. The van der Waals surface area contributed by atoms with Crippen LogP contribution in [0.4, 0.5) is 10.1 Å². The number of anilines is 1. The molecule has 0 fully saturated rings. The highest BCUT2D eigenvalue weighted by Gasteiger charge is 2.40. The molecule has 0 N–H and O–H groups in total. The molecule has 1 aliphatic heterocycles. The summed E-state index contributed by atoms with van der Waals surface area (Å²) < 4.78 is 41.6. The first-order valence-corrected chi connectivity index (χ1v) is 9.97. The number of hydrogen-bond acceptors (Lipinski definition) is 4. The molecule has 142 valence electrons. The van der Waals surface area contributed by atoms with Gasteiger partial charge in [0, 0.05) is 36.5 Å². The van der Waals surface area contributed by atoms with E-state index in [-0.39, 0.29) is 21.7 Å². The molecule has 0 aromatic heterocycles. The fraction of sp³-hybridized carbons (Fsp3) is 0.211. The number of fused-ring (bicyclic) bond motifs is 1. The van der Waals surface area contributed by atoms with Crippen LogP contribution in [0.15, 0.2) is 59.1 Å². The van der Waals surface area contributed by atoms with E-state index >= 15 is 0 Å². The maximum atomic E-state index is 13.8. The summed E-state index contributed by atoms with van der Waals surface area (Å²) in [5.74, 6) is -1.00. The first-order chi connectivity index (χ1) is 12.6. The molecule has 1 heterocycles. The molecular weight excluding hydrogens is 391 g/mol. The van der Waals surface area contributed by atoms with Crippen LogP contribution in [0.25, 0.3) is 0 Å². The van der Waals surface area contributed by atoms with Crippen molar-refractivity contribution in [2.45, 2.75) is 17.9 Å². The molecule has 0 bridgehead atoms. The van der Waals surface area contributed by atoms with Gasteiger partial charge < -0.3 is 4.90 Å². The topological polar surface area (TPSA) is 57.7 Å². The number of ketones is 1. The molecule has 2 aromatic rings. The Kier molecular flexibility index (Phi) is 5.01. The van der Waals surface area contributed by atoms with E-state index in [0.29, 0.717) is 5.02 Å². The van der Waals surface area contributed by atoms with Gasteiger partial charge in [0.1, 0.15) is 5.82 Å².